The Balaban J connectivity index is 2.45. The molecule has 1 aliphatic rings. The number of pyridine rings is 1. The van der Waals surface area contributed by atoms with Crippen molar-refractivity contribution in [3.05, 3.63) is 39.0 Å². The Morgan fingerprint density at radius 3 is 2.89 bits per heavy atom. The first kappa shape index (κ1) is 13.0. The Labute approximate surface area is 123 Å². The van der Waals surface area contributed by atoms with Gasteiger partial charge >= 0.3 is 5.97 Å². The van der Waals surface area contributed by atoms with Crippen LogP contribution in [-0.2, 0) is 12.2 Å². The van der Waals surface area contributed by atoms with Crippen LogP contribution >= 0.6 is 35.0 Å². The van der Waals surface area contributed by atoms with E-state index in [0.29, 0.717) is 32.3 Å². The number of halogens is 2. The summed E-state index contributed by atoms with van der Waals surface area (Å²) >= 11 is 13.9. The van der Waals surface area contributed by atoms with Gasteiger partial charge in [0.2, 0.25) is 0 Å². The highest BCUT2D eigenvalue weighted by molar-refractivity contribution is 7.98. The lowest BCUT2D eigenvalue weighted by Crippen LogP contribution is -2.13. The van der Waals surface area contributed by atoms with Gasteiger partial charge < -0.3 is 5.11 Å². The number of carbonyl (C=O) groups is 1. The van der Waals surface area contributed by atoms with Crippen LogP contribution in [0, 0.1) is 0 Å². The Morgan fingerprint density at radius 2 is 2.16 bits per heavy atom. The van der Waals surface area contributed by atoms with E-state index in [9.17, 15) is 9.90 Å². The molecule has 1 N–H and O–H groups in total. The molecule has 0 unspecified atom stereocenters. The number of aromatic carboxylic acids is 1. The maximum absolute atomic E-state index is 11.6. The highest BCUT2D eigenvalue weighted by Crippen LogP contribution is 2.36. The van der Waals surface area contributed by atoms with E-state index in [0.717, 1.165) is 23.4 Å². The monoisotopic (exact) mass is 313 g/mol. The summed E-state index contributed by atoms with van der Waals surface area (Å²) in [5, 5.41) is 10.8. The highest BCUT2D eigenvalue weighted by Gasteiger charge is 2.23. The number of thioether (sulfide) groups is 1. The molecule has 0 fully saturated rings. The average molecular weight is 314 g/mol. The van der Waals surface area contributed by atoms with Crippen LogP contribution < -0.4 is 0 Å². The smallest absolute Gasteiger partial charge is 0.336 e. The molecule has 1 aromatic carbocycles. The van der Waals surface area contributed by atoms with Gasteiger partial charge in [-0.05, 0) is 23.8 Å². The Morgan fingerprint density at radius 1 is 1.37 bits per heavy atom. The summed E-state index contributed by atoms with van der Waals surface area (Å²) in [5.41, 5.74) is 2.44. The minimum atomic E-state index is -0.940. The highest BCUT2D eigenvalue weighted by atomic mass is 35.5. The van der Waals surface area contributed by atoms with Crippen LogP contribution in [-0.4, -0.2) is 21.8 Å². The van der Waals surface area contributed by atoms with Gasteiger partial charge in [0, 0.05) is 16.8 Å². The number of carboxylic acids is 1. The van der Waals surface area contributed by atoms with E-state index in [4.69, 9.17) is 23.2 Å². The van der Waals surface area contributed by atoms with Gasteiger partial charge in [0.25, 0.3) is 0 Å². The fraction of sp³-hybridized carbons (Fsp3) is 0.231. The summed E-state index contributed by atoms with van der Waals surface area (Å²) in [5.74, 6) is 0.688. The fourth-order valence-electron chi connectivity index (χ4n) is 2.31. The second kappa shape index (κ2) is 4.85. The molecule has 2 aromatic rings. The molecule has 0 bridgehead atoms. The summed E-state index contributed by atoms with van der Waals surface area (Å²) < 4.78 is 0. The molecule has 0 saturated heterocycles. The number of aromatic nitrogens is 1. The zero-order valence-electron chi connectivity index (χ0n) is 9.74. The second-order valence-electron chi connectivity index (χ2n) is 4.28. The number of fused-ring (bicyclic) bond motifs is 2. The van der Waals surface area contributed by atoms with Crippen molar-refractivity contribution in [3.63, 3.8) is 0 Å². The van der Waals surface area contributed by atoms with E-state index in [1.807, 2.05) is 0 Å². The van der Waals surface area contributed by atoms with Crippen LogP contribution in [0.5, 0.6) is 0 Å². The second-order valence-corrected chi connectivity index (χ2v) is 6.17. The van der Waals surface area contributed by atoms with Crippen molar-refractivity contribution in [1.82, 2.24) is 4.98 Å². The Bertz CT molecular complexity index is 703. The zero-order valence-corrected chi connectivity index (χ0v) is 12.1. The molecule has 0 spiro atoms. The SMILES string of the molecule is O=C(O)c1c2c(nc3c(Cl)c(Cl)ccc13)CCSC2. The molecule has 3 rings (SSSR count). The number of aryl methyl sites for hydroxylation is 1. The van der Waals surface area contributed by atoms with Crippen molar-refractivity contribution in [3.8, 4) is 0 Å². The predicted octanol–water partition coefficient (Wildman–Crippen LogP) is 4.03. The first-order valence-corrected chi connectivity index (χ1v) is 7.61. The predicted molar refractivity (Wildman–Crippen MR) is 78.6 cm³/mol. The summed E-state index contributed by atoms with van der Waals surface area (Å²) in [6.07, 6.45) is 0.763. The molecule has 0 amide bonds. The molecule has 0 aliphatic carbocycles. The summed E-state index contributed by atoms with van der Waals surface area (Å²) in [7, 11) is 0. The average Bonchev–Trinajstić information content (AvgIpc) is 2.40. The van der Waals surface area contributed by atoms with Crippen molar-refractivity contribution < 1.29 is 9.90 Å². The molecule has 3 nitrogen and oxygen atoms in total. The van der Waals surface area contributed by atoms with Crippen LogP contribution in [0.3, 0.4) is 0 Å². The summed E-state index contributed by atoms with van der Waals surface area (Å²) in [4.78, 5) is 16.1. The standard InChI is InChI=1S/C13H9Cl2NO2S/c14-8-2-1-6-10(13(17)18)7-5-19-4-3-9(7)16-12(6)11(8)15/h1-2H,3-5H2,(H,17,18). The first-order chi connectivity index (χ1) is 9.09. The molecule has 0 atom stereocenters. The normalized spacial score (nSPS) is 14.4. The Hall–Kier alpha value is -0.970. The van der Waals surface area contributed by atoms with Gasteiger partial charge in [-0.25, -0.2) is 4.79 Å². The van der Waals surface area contributed by atoms with E-state index in [1.54, 1.807) is 23.9 Å². The quantitative estimate of drug-likeness (QED) is 0.863. The zero-order chi connectivity index (χ0) is 13.6. The lowest BCUT2D eigenvalue weighted by molar-refractivity contribution is 0.0698. The van der Waals surface area contributed by atoms with Crippen LogP contribution in [0.2, 0.25) is 10.0 Å². The van der Waals surface area contributed by atoms with Gasteiger partial charge in [-0.15, -0.1) is 0 Å². The number of nitrogens with zero attached hydrogens (tertiary/aromatic N) is 1. The van der Waals surface area contributed by atoms with Crippen molar-refractivity contribution in [1.29, 1.82) is 0 Å². The van der Waals surface area contributed by atoms with Crippen LogP contribution in [0.4, 0.5) is 0 Å². The Kier molecular flexibility index (Phi) is 3.33. The first-order valence-electron chi connectivity index (χ1n) is 5.70. The third-order valence-electron chi connectivity index (χ3n) is 3.18. The minimum Gasteiger partial charge on any atom is -0.478 e. The van der Waals surface area contributed by atoms with E-state index in [1.165, 1.54) is 0 Å². The molecule has 6 heteroatoms. The van der Waals surface area contributed by atoms with Crippen molar-refractivity contribution in [2.45, 2.75) is 12.2 Å². The largest absolute Gasteiger partial charge is 0.478 e. The third kappa shape index (κ3) is 2.08. The molecule has 0 saturated carbocycles. The molecule has 1 aromatic heterocycles. The molecule has 1 aliphatic heterocycles. The van der Waals surface area contributed by atoms with Gasteiger partial charge in [-0.3, -0.25) is 4.98 Å². The number of hydrogen-bond acceptors (Lipinski definition) is 3. The minimum absolute atomic E-state index is 0.311. The van der Waals surface area contributed by atoms with E-state index in [2.05, 4.69) is 4.98 Å². The topological polar surface area (TPSA) is 50.2 Å². The van der Waals surface area contributed by atoms with Gasteiger partial charge in [0.05, 0.1) is 21.1 Å². The molecule has 98 valence electrons. The van der Waals surface area contributed by atoms with Crippen LogP contribution in [0.1, 0.15) is 21.6 Å². The van der Waals surface area contributed by atoms with Crippen molar-refractivity contribution in [2.75, 3.05) is 5.75 Å². The molecule has 0 radical (unpaired) electrons. The number of carboxylic acid groups (broad SMARTS) is 1. The number of benzene rings is 1. The van der Waals surface area contributed by atoms with Crippen molar-refractivity contribution >= 4 is 51.8 Å². The third-order valence-corrected chi connectivity index (χ3v) is 4.96. The maximum atomic E-state index is 11.6. The molecule has 2 heterocycles. The van der Waals surface area contributed by atoms with Crippen LogP contribution in [0.15, 0.2) is 12.1 Å². The maximum Gasteiger partial charge on any atom is 0.336 e. The van der Waals surface area contributed by atoms with Gasteiger partial charge in [0.15, 0.2) is 0 Å². The van der Waals surface area contributed by atoms with E-state index in [-0.39, 0.29) is 0 Å². The summed E-state index contributed by atoms with van der Waals surface area (Å²) in [6.45, 7) is 0. The van der Waals surface area contributed by atoms with E-state index >= 15 is 0 Å². The van der Waals surface area contributed by atoms with E-state index < -0.39 is 5.97 Å². The lowest BCUT2D eigenvalue weighted by Gasteiger charge is -2.19. The molecule has 19 heavy (non-hydrogen) atoms. The summed E-state index contributed by atoms with van der Waals surface area (Å²) in [6, 6.07) is 3.29. The van der Waals surface area contributed by atoms with Gasteiger partial charge in [-0.1, -0.05) is 29.3 Å². The fourth-order valence-corrected chi connectivity index (χ4v) is 3.67. The van der Waals surface area contributed by atoms with Gasteiger partial charge in [0.1, 0.15) is 0 Å². The number of hydrogen-bond donors (Lipinski definition) is 1. The lowest BCUT2D eigenvalue weighted by atomic mass is 10.00. The number of rotatable bonds is 1. The molecular weight excluding hydrogens is 305 g/mol. The van der Waals surface area contributed by atoms with Crippen LogP contribution in [0.25, 0.3) is 10.9 Å². The van der Waals surface area contributed by atoms with Gasteiger partial charge in [-0.2, -0.15) is 11.8 Å². The van der Waals surface area contributed by atoms with Crippen molar-refractivity contribution in [2.24, 2.45) is 0 Å². The molecular formula is C13H9Cl2NO2S.